The third-order valence-electron chi connectivity index (χ3n) is 2.25. The van der Waals surface area contributed by atoms with Gasteiger partial charge in [-0.15, -0.1) is 4.98 Å². The molecule has 0 aromatic carbocycles. The van der Waals surface area contributed by atoms with Crippen LogP contribution in [0.3, 0.4) is 0 Å². The molecule has 8 heteroatoms. The first-order chi connectivity index (χ1) is 8.67. The van der Waals surface area contributed by atoms with Crippen molar-refractivity contribution >= 4 is 5.97 Å². The van der Waals surface area contributed by atoms with Crippen LogP contribution in [0.25, 0.3) is 0 Å². The highest BCUT2D eigenvalue weighted by molar-refractivity contribution is 5.73. The maximum absolute atomic E-state index is 10.1. The normalized spacial score (nSPS) is 17.6. The number of rotatable bonds is 3. The molecule has 1 aliphatic rings. The second kappa shape index (κ2) is 7.38. The molecule has 8 nitrogen and oxygen atoms in total. The van der Waals surface area contributed by atoms with E-state index < -0.39 is 5.97 Å². The SMILES string of the molecule is COc1ncnc(OC)n1.O=C(O)[C@@H]1CCCN1. The van der Waals surface area contributed by atoms with Crippen LogP contribution in [0.4, 0.5) is 0 Å². The Balaban J connectivity index is 0.000000184. The molecule has 1 saturated heterocycles. The highest BCUT2D eigenvalue weighted by atomic mass is 16.5. The number of methoxy groups -OCH3 is 2. The molecule has 2 heterocycles. The average Bonchev–Trinajstić information content (AvgIpc) is 2.93. The van der Waals surface area contributed by atoms with Crippen LogP contribution in [0.15, 0.2) is 6.33 Å². The van der Waals surface area contributed by atoms with E-state index in [0.717, 1.165) is 19.4 Å². The number of nitrogens with one attached hydrogen (secondary N) is 1. The van der Waals surface area contributed by atoms with Gasteiger partial charge in [-0.3, -0.25) is 4.79 Å². The van der Waals surface area contributed by atoms with Crippen LogP contribution in [-0.2, 0) is 4.79 Å². The Labute approximate surface area is 104 Å². The number of aromatic nitrogens is 3. The van der Waals surface area contributed by atoms with Crippen molar-refractivity contribution < 1.29 is 19.4 Å². The van der Waals surface area contributed by atoms with Crippen molar-refractivity contribution in [3.8, 4) is 12.0 Å². The Hall–Kier alpha value is -1.96. The van der Waals surface area contributed by atoms with Gasteiger partial charge in [-0.05, 0) is 19.4 Å². The van der Waals surface area contributed by atoms with Gasteiger partial charge >= 0.3 is 18.0 Å². The quantitative estimate of drug-likeness (QED) is 0.760. The highest BCUT2D eigenvalue weighted by Crippen LogP contribution is 2.04. The van der Waals surface area contributed by atoms with Crippen molar-refractivity contribution in [2.75, 3.05) is 20.8 Å². The smallest absolute Gasteiger partial charge is 0.322 e. The van der Waals surface area contributed by atoms with Crippen molar-refractivity contribution in [3.05, 3.63) is 6.33 Å². The van der Waals surface area contributed by atoms with Crippen molar-refractivity contribution in [2.24, 2.45) is 0 Å². The predicted octanol–water partition coefficient (Wildman–Crippen LogP) is -0.288. The van der Waals surface area contributed by atoms with Crippen LogP contribution < -0.4 is 14.8 Å². The maximum Gasteiger partial charge on any atom is 0.322 e. The summed E-state index contributed by atoms with van der Waals surface area (Å²) in [6.45, 7) is 0.858. The maximum atomic E-state index is 10.1. The van der Waals surface area contributed by atoms with Gasteiger partial charge in [0.05, 0.1) is 14.2 Å². The Morgan fingerprint density at radius 3 is 2.33 bits per heavy atom. The molecule has 0 saturated carbocycles. The molecule has 0 amide bonds. The van der Waals surface area contributed by atoms with Gasteiger partial charge < -0.3 is 19.9 Å². The largest absolute Gasteiger partial charge is 0.480 e. The van der Waals surface area contributed by atoms with Crippen LogP contribution in [-0.4, -0.2) is 52.8 Å². The van der Waals surface area contributed by atoms with E-state index in [-0.39, 0.29) is 18.1 Å². The second-order valence-corrected chi connectivity index (χ2v) is 3.45. The van der Waals surface area contributed by atoms with Crippen molar-refractivity contribution in [1.82, 2.24) is 20.3 Å². The Kier molecular flexibility index (Phi) is 5.78. The average molecular weight is 256 g/mol. The number of hydrogen-bond acceptors (Lipinski definition) is 7. The van der Waals surface area contributed by atoms with E-state index in [2.05, 4.69) is 20.3 Å². The molecular formula is C10H16N4O4. The molecule has 1 atom stereocenters. The lowest BCUT2D eigenvalue weighted by molar-refractivity contribution is -0.139. The zero-order chi connectivity index (χ0) is 13.4. The summed E-state index contributed by atoms with van der Waals surface area (Å²) in [5, 5.41) is 11.2. The fourth-order valence-electron chi connectivity index (χ4n) is 1.36. The lowest BCUT2D eigenvalue weighted by Gasteiger charge is -1.99. The van der Waals surface area contributed by atoms with Gasteiger partial charge in [-0.25, -0.2) is 0 Å². The van der Waals surface area contributed by atoms with E-state index in [4.69, 9.17) is 14.6 Å². The topological polar surface area (TPSA) is 106 Å². The van der Waals surface area contributed by atoms with Crippen LogP contribution >= 0.6 is 0 Å². The number of carboxylic acids is 1. The number of ether oxygens (including phenoxy) is 2. The van der Waals surface area contributed by atoms with Gasteiger partial charge in [0.25, 0.3) is 0 Å². The molecule has 2 N–H and O–H groups in total. The first-order valence-electron chi connectivity index (χ1n) is 5.40. The first kappa shape index (κ1) is 14.1. The van der Waals surface area contributed by atoms with Crippen LogP contribution in [0.2, 0.25) is 0 Å². The van der Waals surface area contributed by atoms with Gasteiger partial charge in [0.1, 0.15) is 12.4 Å². The molecule has 0 spiro atoms. The van der Waals surface area contributed by atoms with Crippen LogP contribution in [0, 0.1) is 0 Å². The Bertz CT molecular complexity index is 363. The molecule has 100 valence electrons. The summed E-state index contributed by atoms with van der Waals surface area (Å²) in [4.78, 5) is 21.2. The van der Waals surface area contributed by atoms with Crippen LogP contribution in [0.1, 0.15) is 12.8 Å². The number of carbonyl (C=O) groups is 1. The summed E-state index contributed by atoms with van der Waals surface area (Å²) in [5.74, 6) is -0.720. The minimum absolute atomic E-state index is 0.256. The highest BCUT2D eigenvalue weighted by Gasteiger charge is 2.20. The monoisotopic (exact) mass is 256 g/mol. The molecule has 0 radical (unpaired) electrons. The fourth-order valence-corrected chi connectivity index (χ4v) is 1.36. The van der Waals surface area contributed by atoms with E-state index in [1.54, 1.807) is 0 Å². The van der Waals surface area contributed by atoms with Crippen molar-refractivity contribution in [2.45, 2.75) is 18.9 Å². The fraction of sp³-hybridized carbons (Fsp3) is 0.600. The van der Waals surface area contributed by atoms with E-state index >= 15 is 0 Å². The summed E-state index contributed by atoms with van der Waals surface area (Å²) in [7, 11) is 2.96. The standard InChI is InChI=1S/C5H7N3O2.C5H9NO2/c1-9-4-6-3-7-5(8-4)10-2;7-5(8)4-2-1-3-6-4/h3H,1-2H3;4,6H,1-3H2,(H,7,8)/t;4-/m.0/s1. The third-order valence-corrected chi connectivity index (χ3v) is 2.25. The van der Waals surface area contributed by atoms with Gasteiger partial charge in [0.15, 0.2) is 0 Å². The number of aliphatic carboxylic acids is 1. The molecule has 1 fully saturated rings. The van der Waals surface area contributed by atoms with E-state index in [1.165, 1.54) is 20.5 Å². The zero-order valence-corrected chi connectivity index (χ0v) is 10.3. The Morgan fingerprint density at radius 2 is 2.00 bits per heavy atom. The van der Waals surface area contributed by atoms with Crippen molar-refractivity contribution in [1.29, 1.82) is 0 Å². The van der Waals surface area contributed by atoms with Gasteiger partial charge in [0.2, 0.25) is 0 Å². The second-order valence-electron chi connectivity index (χ2n) is 3.45. The summed E-state index contributed by atoms with van der Waals surface area (Å²) in [6, 6.07) is 0.244. The van der Waals surface area contributed by atoms with Gasteiger partial charge in [-0.1, -0.05) is 0 Å². The zero-order valence-electron chi connectivity index (χ0n) is 10.3. The molecule has 0 unspecified atom stereocenters. The summed E-state index contributed by atoms with van der Waals surface area (Å²) in [5.41, 5.74) is 0. The first-order valence-corrected chi connectivity index (χ1v) is 5.40. The number of carboxylic acid groups (broad SMARTS) is 1. The molecule has 0 bridgehead atoms. The number of hydrogen-bond donors (Lipinski definition) is 2. The van der Waals surface area contributed by atoms with E-state index in [9.17, 15) is 4.79 Å². The van der Waals surface area contributed by atoms with Crippen LogP contribution in [0.5, 0.6) is 12.0 Å². The minimum Gasteiger partial charge on any atom is -0.480 e. The van der Waals surface area contributed by atoms with Crippen molar-refractivity contribution in [3.63, 3.8) is 0 Å². The molecule has 1 aromatic heterocycles. The van der Waals surface area contributed by atoms with Gasteiger partial charge in [-0.2, -0.15) is 9.97 Å². The molecular weight excluding hydrogens is 240 g/mol. The molecule has 1 aromatic rings. The third kappa shape index (κ3) is 4.50. The molecule has 1 aliphatic heterocycles. The van der Waals surface area contributed by atoms with Gasteiger partial charge in [0, 0.05) is 0 Å². The lowest BCUT2D eigenvalue weighted by Crippen LogP contribution is -2.29. The van der Waals surface area contributed by atoms with E-state index in [0.29, 0.717) is 0 Å². The summed E-state index contributed by atoms with van der Waals surface area (Å²) < 4.78 is 9.43. The molecule has 18 heavy (non-hydrogen) atoms. The molecule has 0 aliphatic carbocycles. The molecule has 2 rings (SSSR count). The minimum atomic E-state index is -0.720. The summed E-state index contributed by atoms with van der Waals surface area (Å²) in [6.07, 6.45) is 3.11. The predicted molar refractivity (Wildman–Crippen MR) is 61.6 cm³/mol. The number of nitrogens with zero attached hydrogens (tertiary/aromatic N) is 3. The Morgan fingerprint density at radius 1 is 1.39 bits per heavy atom. The summed E-state index contributed by atoms with van der Waals surface area (Å²) >= 11 is 0. The lowest BCUT2D eigenvalue weighted by atomic mass is 10.2. The van der Waals surface area contributed by atoms with E-state index in [1.807, 2.05) is 0 Å².